The summed E-state index contributed by atoms with van der Waals surface area (Å²) >= 11 is 3.11. The number of hydrogen-bond donors (Lipinski definition) is 0. The van der Waals surface area contributed by atoms with E-state index in [0.717, 1.165) is 32.6 Å². The zero-order valence-corrected chi connectivity index (χ0v) is 14.5. The smallest absolute Gasteiger partial charge is 0.118 e. The molecule has 0 amide bonds. The lowest BCUT2D eigenvalue weighted by atomic mass is 10.1. The highest BCUT2D eigenvalue weighted by Gasteiger charge is 2.13. The van der Waals surface area contributed by atoms with Gasteiger partial charge >= 0.3 is 0 Å². The number of rotatable bonds is 6. The van der Waals surface area contributed by atoms with E-state index in [9.17, 15) is 0 Å². The third-order valence-electron chi connectivity index (χ3n) is 2.97. The third-order valence-corrected chi connectivity index (χ3v) is 4.38. The van der Waals surface area contributed by atoms with Gasteiger partial charge in [-0.25, -0.2) is 9.98 Å². The van der Waals surface area contributed by atoms with Gasteiger partial charge in [-0.05, 0) is 43.5 Å². The summed E-state index contributed by atoms with van der Waals surface area (Å²) in [6, 6.07) is 7.89. The van der Waals surface area contributed by atoms with Crippen molar-refractivity contribution in [1.82, 2.24) is 4.98 Å². The Hall–Kier alpha value is -1.85. The van der Waals surface area contributed by atoms with E-state index in [0.29, 0.717) is 0 Å². The van der Waals surface area contributed by atoms with Crippen molar-refractivity contribution in [2.75, 3.05) is 13.4 Å². The summed E-state index contributed by atoms with van der Waals surface area (Å²) in [5.41, 5.74) is 4.70. The lowest BCUT2D eigenvalue weighted by Crippen LogP contribution is -1.97. The van der Waals surface area contributed by atoms with E-state index in [-0.39, 0.29) is 0 Å². The molecule has 0 bridgehead atoms. The molecule has 0 atom stereocenters. The maximum atomic E-state index is 5.20. The van der Waals surface area contributed by atoms with Gasteiger partial charge in [-0.3, -0.25) is 0 Å². The number of thioether (sulfide) groups is 1. The molecule has 2 aromatic rings. The predicted molar refractivity (Wildman–Crippen MR) is 98.1 cm³/mol. The van der Waals surface area contributed by atoms with Crippen LogP contribution in [-0.2, 0) is 0 Å². The van der Waals surface area contributed by atoms with Gasteiger partial charge in [0.05, 0.1) is 33.9 Å². The molecule has 5 heteroatoms. The Morgan fingerprint density at radius 3 is 2.68 bits per heavy atom. The summed E-state index contributed by atoms with van der Waals surface area (Å²) in [6.07, 6.45) is 5.93. The topological polar surface area (TPSA) is 34.5 Å². The molecular weight excluding hydrogens is 312 g/mol. The molecule has 0 aliphatic carbocycles. The molecule has 0 radical (unpaired) electrons. The van der Waals surface area contributed by atoms with Crippen molar-refractivity contribution in [3.63, 3.8) is 0 Å². The third kappa shape index (κ3) is 3.87. The van der Waals surface area contributed by atoms with Gasteiger partial charge in [0.25, 0.3) is 0 Å². The van der Waals surface area contributed by atoms with Crippen LogP contribution in [0.5, 0.6) is 5.75 Å². The molecule has 0 aliphatic rings. The molecule has 0 fully saturated rings. The number of hydrogen-bond acceptors (Lipinski definition) is 5. The summed E-state index contributed by atoms with van der Waals surface area (Å²) in [4.78, 5) is 10.1. The molecule has 1 aromatic carbocycles. The number of ether oxygens (including phenoxy) is 1. The molecule has 22 heavy (non-hydrogen) atoms. The molecule has 1 heterocycles. The standard InChI is InChI=1S/C17H18N2OS2/c1-5-6-15(19-12(2)21-4)17-16(18-11-22-17)13-7-9-14(20-3)10-8-13/h5-11H,2H2,1,3-4H3/b6-5-,19-15+. The van der Waals surface area contributed by atoms with E-state index < -0.39 is 0 Å². The van der Waals surface area contributed by atoms with E-state index in [1.165, 1.54) is 11.8 Å². The minimum Gasteiger partial charge on any atom is -0.497 e. The number of thiazole rings is 1. The Kier molecular flexibility index (Phi) is 5.98. The van der Waals surface area contributed by atoms with Crippen LogP contribution >= 0.6 is 23.1 Å². The molecule has 114 valence electrons. The van der Waals surface area contributed by atoms with Crippen LogP contribution in [0.3, 0.4) is 0 Å². The van der Waals surface area contributed by atoms with Crippen LogP contribution in [0.4, 0.5) is 0 Å². The highest BCUT2D eigenvalue weighted by molar-refractivity contribution is 8.02. The lowest BCUT2D eigenvalue weighted by Gasteiger charge is -2.05. The first-order chi connectivity index (χ1) is 10.7. The predicted octanol–water partition coefficient (Wildman–Crippen LogP) is 5.02. The van der Waals surface area contributed by atoms with Gasteiger partial charge in [0, 0.05) is 5.56 Å². The van der Waals surface area contributed by atoms with Crippen LogP contribution in [0.2, 0.25) is 0 Å². The zero-order valence-electron chi connectivity index (χ0n) is 12.9. The average Bonchev–Trinajstić information content (AvgIpc) is 3.03. The number of methoxy groups -OCH3 is 1. The second-order valence-electron chi connectivity index (χ2n) is 4.35. The van der Waals surface area contributed by atoms with Gasteiger partial charge in [-0.15, -0.1) is 23.1 Å². The fourth-order valence-electron chi connectivity index (χ4n) is 1.88. The Balaban J connectivity index is 2.46. The number of nitrogens with zero attached hydrogens (tertiary/aromatic N) is 2. The SMILES string of the molecule is C=C(/N=C(\C=C/C)c1scnc1-c1ccc(OC)cc1)SC. The second-order valence-corrected chi connectivity index (χ2v) is 6.09. The molecule has 0 unspecified atom stereocenters. The fourth-order valence-corrected chi connectivity index (χ4v) is 2.85. The van der Waals surface area contributed by atoms with Gasteiger partial charge < -0.3 is 4.74 Å². The van der Waals surface area contributed by atoms with Crippen molar-refractivity contribution in [3.05, 3.63) is 58.4 Å². The molecule has 0 spiro atoms. The van der Waals surface area contributed by atoms with Crippen LogP contribution in [0.15, 0.2) is 58.5 Å². The van der Waals surface area contributed by atoms with Crippen molar-refractivity contribution < 1.29 is 4.74 Å². The maximum Gasteiger partial charge on any atom is 0.118 e. The first kappa shape index (κ1) is 16.5. The summed E-state index contributed by atoms with van der Waals surface area (Å²) in [5, 5.41) is 0.780. The lowest BCUT2D eigenvalue weighted by molar-refractivity contribution is 0.415. The van der Waals surface area contributed by atoms with E-state index in [1.807, 2.05) is 55.1 Å². The van der Waals surface area contributed by atoms with Crippen LogP contribution in [0.1, 0.15) is 11.8 Å². The van der Waals surface area contributed by atoms with Crippen molar-refractivity contribution in [1.29, 1.82) is 0 Å². The molecule has 0 N–H and O–H groups in total. The average molecular weight is 330 g/mol. The summed E-state index contributed by atoms with van der Waals surface area (Å²) in [7, 11) is 1.66. The molecule has 0 saturated heterocycles. The van der Waals surface area contributed by atoms with Gasteiger partial charge in [-0.2, -0.15) is 0 Å². The number of allylic oxidation sites excluding steroid dienone is 2. The fraction of sp³-hybridized carbons (Fsp3) is 0.176. The molecular formula is C17H18N2OS2. The number of aromatic nitrogens is 1. The molecule has 1 aromatic heterocycles. The Morgan fingerprint density at radius 2 is 2.09 bits per heavy atom. The van der Waals surface area contributed by atoms with Crippen molar-refractivity contribution in [2.45, 2.75) is 6.92 Å². The minimum atomic E-state index is 0.780. The summed E-state index contributed by atoms with van der Waals surface area (Å²) < 4.78 is 5.20. The highest BCUT2D eigenvalue weighted by Crippen LogP contribution is 2.29. The first-order valence-electron chi connectivity index (χ1n) is 6.72. The van der Waals surface area contributed by atoms with Crippen molar-refractivity contribution >= 4 is 28.8 Å². The maximum absolute atomic E-state index is 5.20. The Labute approximate surface area is 139 Å². The largest absolute Gasteiger partial charge is 0.497 e. The second kappa shape index (κ2) is 7.96. The quantitative estimate of drug-likeness (QED) is 0.698. The van der Waals surface area contributed by atoms with E-state index in [1.54, 1.807) is 18.4 Å². The Morgan fingerprint density at radius 1 is 1.36 bits per heavy atom. The van der Waals surface area contributed by atoms with Gasteiger partial charge in [0.2, 0.25) is 0 Å². The van der Waals surface area contributed by atoms with Crippen LogP contribution in [0, 0.1) is 0 Å². The van der Waals surface area contributed by atoms with Gasteiger partial charge in [-0.1, -0.05) is 12.7 Å². The molecule has 0 saturated carbocycles. The normalized spacial score (nSPS) is 11.9. The first-order valence-corrected chi connectivity index (χ1v) is 8.82. The van der Waals surface area contributed by atoms with E-state index in [2.05, 4.69) is 16.6 Å². The number of benzene rings is 1. The monoisotopic (exact) mass is 330 g/mol. The Bertz CT molecular complexity index is 700. The van der Waals surface area contributed by atoms with Crippen molar-refractivity contribution in [3.8, 4) is 17.0 Å². The van der Waals surface area contributed by atoms with Crippen LogP contribution in [-0.4, -0.2) is 24.1 Å². The van der Waals surface area contributed by atoms with Gasteiger partial charge in [0.1, 0.15) is 5.75 Å². The molecule has 3 nitrogen and oxygen atoms in total. The number of aliphatic imine (C=N–C) groups is 1. The summed E-state index contributed by atoms with van der Waals surface area (Å²) in [5.74, 6) is 0.832. The minimum absolute atomic E-state index is 0.780. The zero-order chi connectivity index (χ0) is 15.9. The van der Waals surface area contributed by atoms with Crippen LogP contribution in [0.25, 0.3) is 11.3 Å². The molecule has 2 rings (SSSR count). The van der Waals surface area contributed by atoms with E-state index in [4.69, 9.17) is 4.74 Å². The van der Waals surface area contributed by atoms with Crippen LogP contribution < -0.4 is 4.74 Å². The highest BCUT2D eigenvalue weighted by atomic mass is 32.2. The van der Waals surface area contributed by atoms with E-state index >= 15 is 0 Å². The van der Waals surface area contributed by atoms with Gasteiger partial charge in [0.15, 0.2) is 0 Å². The van der Waals surface area contributed by atoms with Crippen molar-refractivity contribution in [2.24, 2.45) is 4.99 Å². The molecule has 0 aliphatic heterocycles. The summed E-state index contributed by atoms with van der Waals surface area (Å²) in [6.45, 7) is 5.92.